The lowest BCUT2D eigenvalue weighted by Gasteiger charge is -2.09. The van der Waals surface area contributed by atoms with E-state index in [1.807, 2.05) is 38.1 Å². The molecule has 0 bridgehead atoms. The van der Waals surface area contributed by atoms with Crippen molar-refractivity contribution in [3.63, 3.8) is 0 Å². The van der Waals surface area contributed by atoms with Gasteiger partial charge in [-0.05, 0) is 38.8 Å². The SMILES string of the molecule is Cc1nnc2n1-c1sc(CCCOS(C)(=O)=O)cc1C(c1ccccc1Cl)=NC2C. The second kappa shape index (κ2) is 8.22. The quantitative estimate of drug-likeness (QED) is 0.404. The number of aromatic nitrogens is 3. The van der Waals surface area contributed by atoms with Crippen LogP contribution < -0.4 is 0 Å². The Kier molecular flexibility index (Phi) is 5.80. The van der Waals surface area contributed by atoms with Crippen molar-refractivity contribution in [3.05, 3.63) is 63.0 Å². The lowest BCUT2D eigenvalue weighted by atomic mass is 10.0. The summed E-state index contributed by atoms with van der Waals surface area (Å²) in [6.45, 7) is 4.07. The Hall–Kier alpha value is -2.07. The fourth-order valence-electron chi connectivity index (χ4n) is 3.44. The predicted octanol–water partition coefficient (Wildman–Crippen LogP) is 4.11. The normalized spacial score (nSPS) is 16.0. The summed E-state index contributed by atoms with van der Waals surface area (Å²) in [6, 6.07) is 9.59. The van der Waals surface area contributed by atoms with E-state index in [4.69, 9.17) is 20.8 Å². The Morgan fingerprint density at radius 1 is 1.23 bits per heavy atom. The molecule has 4 rings (SSSR count). The molecule has 0 fully saturated rings. The van der Waals surface area contributed by atoms with Gasteiger partial charge in [-0.1, -0.05) is 29.8 Å². The zero-order valence-corrected chi connectivity index (χ0v) is 19.2. The van der Waals surface area contributed by atoms with Crippen LogP contribution in [0, 0.1) is 6.92 Å². The Balaban J connectivity index is 1.76. The molecular weight excluding hydrogens is 444 g/mol. The number of rotatable bonds is 6. The molecule has 1 unspecified atom stereocenters. The van der Waals surface area contributed by atoms with Crippen LogP contribution in [0.3, 0.4) is 0 Å². The summed E-state index contributed by atoms with van der Waals surface area (Å²) in [4.78, 5) is 6.06. The lowest BCUT2D eigenvalue weighted by Crippen LogP contribution is -2.06. The smallest absolute Gasteiger partial charge is 0.264 e. The molecule has 0 saturated carbocycles. The summed E-state index contributed by atoms with van der Waals surface area (Å²) in [5.74, 6) is 1.58. The van der Waals surface area contributed by atoms with Crippen molar-refractivity contribution >= 4 is 38.8 Å². The molecule has 1 aliphatic heterocycles. The molecule has 1 aliphatic rings. The van der Waals surface area contributed by atoms with Crippen molar-refractivity contribution in [2.45, 2.75) is 32.7 Å². The summed E-state index contributed by atoms with van der Waals surface area (Å²) < 4.78 is 29.3. The first-order valence-corrected chi connectivity index (χ1v) is 12.5. The van der Waals surface area contributed by atoms with Gasteiger partial charge in [-0.2, -0.15) is 8.42 Å². The summed E-state index contributed by atoms with van der Waals surface area (Å²) in [7, 11) is -3.43. The van der Waals surface area contributed by atoms with Gasteiger partial charge in [0, 0.05) is 21.0 Å². The molecule has 0 saturated heterocycles. The predicted molar refractivity (Wildman–Crippen MR) is 119 cm³/mol. The zero-order valence-electron chi connectivity index (χ0n) is 16.8. The van der Waals surface area contributed by atoms with E-state index in [9.17, 15) is 8.42 Å². The maximum atomic E-state index is 11.2. The third-order valence-corrected chi connectivity index (χ3v) is 6.87. The number of hydrogen-bond acceptors (Lipinski definition) is 7. The molecule has 10 heteroatoms. The van der Waals surface area contributed by atoms with Gasteiger partial charge in [-0.25, -0.2) is 0 Å². The van der Waals surface area contributed by atoms with Crippen molar-refractivity contribution in [1.82, 2.24) is 14.8 Å². The first kappa shape index (κ1) is 21.2. The Bertz CT molecular complexity index is 1230. The van der Waals surface area contributed by atoms with Crippen molar-refractivity contribution in [1.29, 1.82) is 0 Å². The van der Waals surface area contributed by atoms with E-state index < -0.39 is 10.1 Å². The number of thiophene rings is 1. The van der Waals surface area contributed by atoms with Crippen molar-refractivity contribution in [3.8, 4) is 5.00 Å². The van der Waals surface area contributed by atoms with Crippen LogP contribution >= 0.6 is 22.9 Å². The van der Waals surface area contributed by atoms with Crippen molar-refractivity contribution in [2.75, 3.05) is 12.9 Å². The Morgan fingerprint density at radius 3 is 2.73 bits per heavy atom. The molecule has 30 heavy (non-hydrogen) atoms. The molecule has 2 aromatic heterocycles. The van der Waals surface area contributed by atoms with Gasteiger partial charge < -0.3 is 0 Å². The Labute approximate surface area is 184 Å². The number of aryl methyl sites for hydroxylation is 2. The van der Waals surface area contributed by atoms with Crippen molar-refractivity contribution in [2.24, 2.45) is 4.99 Å². The fourth-order valence-corrected chi connectivity index (χ4v) is 5.34. The van der Waals surface area contributed by atoms with E-state index in [0.717, 1.165) is 44.6 Å². The number of fused-ring (bicyclic) bond motifs is 3. The van der Waals surface area contributed by atoms with E-state index in [-0.39, 0.29) is 12.6 Å². The molecule has 0 N–H and O–H groups in total. The maximum Gasteiger partial charge on any atom is 0.264 e. The van der Waals surface area contributed by atoms with E-state index in [1.165, 1.54) is 0 Å². The molecule has 3 aromatic rings. The first-order valence-electron chi connectivity index (χ1n) is 9.47. The third kappa shape index (κ3) is 4.20. The largest absolute Gasteiger partial charge is 0.273 e. The molecule has 0 radical (unpaired) electrons. The van der Waals surface area contributed by atoms with E-state index >= 15 is 0 Å². The van der Waals surface area contributed by atoms with Gasteiger partial charge in [0.2, 0.25) is 0 Å². The molecule has 0 amide bonds. The van der Waals surface area contributed by atoms with E-state index in [0.29, 0.717) is 17.9 Å². The second-order valence-electron chi connectivity index (χ2n) is 7.14. The van der Waals surface area contributed by atoms with Gasteiger partial charge >= 0.3 is 0 Å². The van der Waals surface area contributed by atoms with Gasteiger partial charge in [0.15, 0.2) is 5.82 Å². The minimum absolute atomic E-state index is 0.154. The maximum absolute atomic E-state index is 11.2. The number of nitrogens with zero attached hydrogens (tertiary/aromatic N) is 4. The topological polar surface area (TPSA) is 86.4 Å². The minimum Gasteiger partial charge on any atom is -0.273 e. The molecule has 1 aromatic carbocycles. The van der Waals surface area contributed by atoms with Gasteiger partial charge in [-0.15, -0.1) is 21.5 Å². The molecular formula is C20H21ClN4O3S2. The van der Waals surface area contributed by atoms with Gasteiger partial charge in [0.05, 0.1) is 18.6 Å². The van der Waals surface area contributed by atoms with Crippen LogP contribution in [0.1, 0.15) is 47.0 Å². The molecule has 0 spiro atoms. The highest BCUT2D eigenvalue weighted by atomic mass is 35.5. The monoisotopic (exact) mass is 464 g/mol. The number of aliphatic imine (C=N–C) groups is 1. The average Bonchev–Trinajstić information content (AvgIpc) is 3.23. The van der Waals surface area contributed by atoms with Crippen LogP contribution in [-0.2, 0) is 20.7 Å². The highest BCUT2D eigenvalue weighted by molar-refractivity contribution is 7.85. The fraction of sp³-hybridized carbons (Fsp3) is 0.350. The first-order chi connectivity index (χ1) is 14.2. The van der Waals surface area contributed by atoms with Crippen LogP contribution in [0.2, 0.25) is 5.02 Å². The summed E-state index contributed by atoms with van der Waals surface area (Å²) in [5, 5.41) is 10.2. The highest BCUT2D eigenvalue weighted by Crippen LogP contribution is 2.37. The van der Waals surface area contributed by atoms with Crippen LogP contribution in [0.5, 0.6) is 0 Å². The van der Waals surface area contributed by atoms with Gasteiger partial charge in [0.25, 0.3) is 10.1 Å². The zero-order chi connectivity index (χ0) is 21.5. The summed E-state index contributed by atoms with van der Waals surface area (Å²) in [5.41, 5.74) is 2.66. The molecule has 1 atom stereocenters. The lowest BCUT2D eigenvalue weighted by molar-refractivity contribution is 0.316. The van der Waals surface area contributed by atoms with E-state index in [2.05, 4.69) is 20.8 Å². The summed E-state index contributed by atoms with van der Waals surface area (Å²) >= 11 is 8.14. The molecule has 3 heterocycles. The molecule has 158 valence electrons. The molecule has 7 nitrogen and oxygen atoms in total. The van der Waals surface area contributed by atoms with Crippen molar-refractivity contribution < 1.29 is 12.6 Å². The average molecular weight is 465 g/mol. The van der Waals surface area contributed by atoms with Crippen LogP contribution in [-0.4, -0.2) is 41.8 Å². The number of benzene rings is 1. The number of hydrogen-bond donors (Lipinski definition) is 0. The van der Waals surface area contributed by atoms with Crippen LogP contribution in [0.25, 0.3) is 5.00 Å². The van der Waals surface area contributed by atoms with E-state index in [1.54, 1.807) is 11.3 Å². The van der Waals surface area contributed by atoms with Gasteiger partial charge in [-0.3, -0.25) is 13.7 Å². The van der Waals surface area contributed by atoms with Crippen LogP contribution in [0.15, 0.2) is 35.3 Å². The van der Waals surface area contributed by atoms with Gasteiger partial charge in [0.1, 0.15) is 16.9 Å². The molecule has 0 aliphatic carbocycles. The standard InChI is InChI=1S/C20H21ClN4O3S2/c1-12-19-24-23-13(2)25(19)20-16(18(22-12)15-8-4-5-9-17(15)21)11-14(29-20)7-6-10-28-30(3,26)27/h4-5,8-9,11-12H,6-7,10H2,1-3H3. The van der Waals surface area contributed by atoms with Crippen LogP contribution in [0.4, 0.5) is 0 Å². The second-order valence-corrected chi connectivity index (χ2v) is 10.3. The highest BCUT2D eigenvalue weighted by Gasteiger charge is 2.28. The summed E-state index contributed by atoms with van der Waals surface area (Å²) in [6.07, 6.45) is 2.34. The third-order valence-electron chi connectivity index (χ3n) is 4.76. The Morgan fingerprint density at radius 2 is 2.00 bits per heavy atom. The number of halogens is 1. The minimum atomic E-state index is -3.43.